The van der Waals surface area contributed by atoms with Crippen LogP contribution in [0.3, 0.4) is 0 Å². The van der Waals surface area contributed by atoms with Gasteiger partial charge in [0.05, 0.1) is 5.57 Å². The molecular formula is C23H27BF2N2. The van der Waals surface area contributed by atoms with E-state index in [1.165, 1.54) is 14.5 Å². The van der Waals surface area contributed by atoms with Gasteiger partial charge in [-0.1, -0.05) is 45.0 Å². The van der Waals surface area contributed by atoms with E-state index in [9.17, 15) is 0 Å². The first-order valence-corrected chi connectivity index (χ1v) is 9.82. The molecule has 1 aromatic carbocycles. The lowest BCUT2D eigenvalue weighted by atomic mass is 9.82. The monoisotopic (exact) mass is 380 g/mol. The molecular weight excluding hydrogens is 353 g/mol. The van der Waals surface area contributed by atoms with Crippen molar-refractivity contribution in [3.8, 4) is 0 Å². The Morgan fingerprint density at radius 3 is 2.14 bits per heavy atom. The van der Waals surface area contributed by atoms with Gasteiger partial charge in [0.25, 0.3) is 0 Å². The van der Waals surface area contributed by atoms with Gasteiger partial charge >= 0.3 is 6.97 Å². The summed E-state index contributed by atoms with van der Waals surface area (Å²) >= 11 is 0. The van der Waals surface area contributed by atoms with Crippen LogP contribution in [0.2, 0.25) is 0 Å². The highest BCUT2D eigenvalue weighted by atomic mass is 19.2. The van der Waals surface area contributed by atoms with Gasteiger partial charge in [-0.2, -0.15) is 0 Å². The average molecular weight is 380 g/mol. The first-order chi connectivity index (χ1) is 12.9. The summed E-state index contributed by atoms with van der Waals surface area (Å²) in [5.41, 5.74) is 7.39. The Balaban J connectivity index is 2.06. The normalized spacial score (nSPS) is 18.4. The standard InChI is InChI=1S/C23H27BF2N2/c1-14-12-16(3)27-21(14)20(18-8-10-19(11-9-18)23(5,6)7)22-15(2)13-17(4)28(22)24(27,25)26/h8-13H,1-7H3. The lowest BCUT2D eigenvalue weighted by molar-refractivity contribution is -0.363. The molecule has 0 atom stereocenters. The summed E-state index contributed by atoms with van der Waals surface area (Å²) in [6.07, 6.45) is 1.87. The summed E-state index contributed by atoms with van der Waals surface area (Å²) in [6, 6.07) is 10.2. The van der Waals surface area contributed by atoms with Crippen LogP contribution in [0.1, 0.15) is 62.7 Å². The third-order valence-corrected chi connectivity index (χ3v) is 5.97. The van der Waals surface area contributed by atoms with Crippen LogP contribution < -0.4 is 0 Å². The van der Waals surface area contributed by atoms with E-state index in [4.69, 9.17) is 0 Å². The Kier molecular flexibility index (Phi) is 3.91. The minimum absolute atomic E-state index is 0.0470. The number of hydrogen-bond acceptors (Lipinski definition) is 0. The molecule has 4 rings (SSSR count). The summed E-state index contributed by atoms with van der Waals surface area (Å²) in [5, 5.41) is 0. The highest BCUT2D eigenvalue weighted by Crippen LogP contribution is 2.44. The minimum atomic E-state index is -3.92. The van der Waals surface area contributed by atoms with Gasteiger partial charge < -0.3 is 17.6 Å². The second-order valence-electron chi connectivity index (χ2n) is 9.17. The van der Waals surface area contributed by atoms with E-state index in [0.29, 0.717) is 22.8 Å². The highest BCUT2D eigenvalue weighted by molar-refractivity contribution is 6.58. The van der Waals surface area contributed by atoms with Crippen LogP contribution in [-0.4, -0.2) is 21.6 Å². The molecule has 2 nitrogen and oxygen atoms in total. The van der Waals surface area contributed by atoms with E-state index in [1.54, 1.807) is 13.8 Å². The second kappa shape index (κ2) is 5.79. The van der Waals surface area contributed by atoms with Crippen molar-refractivity contribution < 1.29 is 13.1 Å². The van der Waals surface area contributed by atoms with Gasteiger partial charge in [0.1, 0.15) is 5.71 Å². The van der Waals surface area contributed by atoms with Crippen LogP contribution in [-0.2, 0) is 5.41 Å². The summed E-state index contributed by atoms with van der Waals surface area (Å²) in [6.45, 7) is 10.00. The number of aromatic nitrogens is 1. The van der Waals surface area contributed by atoms with Crippen LogP contribution in [0.4, 0.5) is 8.63 Å². The third kappa shape index (κ3) is 2.48. The number of benzene rings is 1. The predicted octanol–water partition coefficient (Wildman–Crippen LogP) is 5.83. The van der Waals surface area contributed by atoms with E-state index in [0.717, 1.165) is 22.3 Å². The molecule has 146 valence electrons. The molecule has 2 aliphatic heterocycles. The maximum atomic E-state index is 15.6. The van der Waals surface area contributed by atoms with Crippen LogP contribution >= 0.6 is 0 Å². The van der Waals surface area contributed by atoms with Crippen molar-refractivity contribution in [2.75, 3.05) is 0 Å². The molecule has 0 saturated heterocycles. The zero-order valence-corrected chi connectivity index (χ0v) is 17.7. The zero-order chi connectivity index (χ0) is 20.6. The molecule has 2 aliphatic rings. The number of rotatable bonds is 1. The van der Waals surface area contributed by atoms with Gasteiger partial charge in [0.15, 0.2) is 5.70 Å². The second-order valence-corrected chi connectivity index (χ2v) is 9.17. The Morgan fingerprint density at radius 2 is 1.57 bits per heavy atom. The van der Waals surface area contributed by atoms with Gasteiger partial charge in [0.2, 0.25) is 0 Å². The van der Waals surface area contributed by atoms with Crippen LogP contribution in [0.25, 0.3) is 5.57 Å². The number of nitrogens with zero attached hydrogens (tertiary/aromatic N) is 2. The van der Waals surface area contributed by atoms with Crippen molar-refractivity contribution >= 4 is 18.3 Å². The molecule has 2 aromatic rings. The summed E-state index contributed by atoms with van der Waals surface area (Å²) in [7, 11) is 0. The molecule has 0 aliphatic carbocycles. The van der Waals surface area contributed by atoms with Crippen LogP contribution in [0.15, 0.2) is 47.7 Å². The van der Waals surface area contributed by atoms with Crippen LogP contribution in [0, 0.1) is 13.8 Å². The van der Waals surface area contributed by atoms with Crippen molar-refractivity contribution in [2.45, 2.75) is 53.9 Å². The molecule has 0 amide bonds. The number of hydrogen-bond donors (Lipinski definition) is 0. The number of fused-ring (bicyclic) bond motifs is 2. The SMILES string of the molecule is CC1=CC(C)=[N+]2C1=C(c1ccc(C(C)(C)C)cc1)c1c(C)cc(C)n1[B-]2(F)F. The molecule has 0 N–H and O–H groups in total. The van der Waals surface area contributed by atoms with Crippen molar-refractivity contribution in [1.29, 1.82) is 0 Å². The lowest BCUT2D eigenvalue weighted by Crippen LogP contribution is -2.51. The van der Waals surface area contributed by atoms with E-state index in [1.807, 2.05) is 26.0 Å². The molecule has 0 fully saturated rings. The molecule has 0 radical (unpaired) electrons. The number of aryl methyl sites for hydroxylation is 2. The largest absolute Gasteiger partial charge is 0.737 e. The van der Waals surface area contributed by atoms with Crippen molar-refractivity contribution in [1.82, 2.24) is 4.48 Å². The Hall–Kier alpha value is -2.43. The average Bonchev–Trinajstić information content (AvgIpc) is 3.05. The maximum absolute atomic E-state index is 15.6. The van der Waals surface area contributed by atoms with E-state index in [-0.39, 0.29) is 5.41 Å². The maximum Gasteiger partial charge on any atom is 0.737 e. The molecule has 3 heterocycles. The molecule has 0 bridgehead atoms. The number of allylic oxidation sites excluding steroid dienone is 2. The van der Waals surface area contributed by atoms with E-state index < -0.39 is 6.97 Å². The van der Waals surface area contributed by atoms with Gasteiger partial charge in [-0.05, 0) is 54.6 Å². The van der Waals surface area contributed by atoms with Gasteiger partial charge in [-0.25, -0.2) is 0 Å². The third-order valence-electron chi connectivity index (χ3n) is 5.97. The topological polar surface area (TPSA) is 7.94 Å². The molecule has 28 heavy (non-hydrogen) atoms. The van der Waals surface area contributed by atoms with Gasteiger partial charge in [-0.3, -0.25) is 0 Å². The fraction of sp³-hybridized carbons (Fsp3) is 0.348. The lowest BCUT2D eigenvalue weighted by Gasteiger charge is -2.34. The minimum Gasteiger partial charge on any atom is -0.393 e. The van der Waals surface area contributed by atoms with Crippen LogP contribution in [0.5, 0.6) is 0 Å². The Bertz CT molecular complexity index is 1090. The molecule has 1 aromatic heterocycles. The summed E-state index contributed by atoms with van der Waals surface area (Å²) in [4.78, 5) is 0. The van der Waals surface area contributed by atoms with Crippen molar-refractivity contribution in [3.63, 3.8) is 0 Å². The Labute approximate surface area is 165 Å². The fourth-order valence-corrected chi connectivity index (χ4v) is 4.71. The smallest absolute Gasteiger partial charge is 0.393 e. The van der Waals surface area contributed by atoms with Crippen molar-refractivity contribution in [2.24, 2.45) is 0 Å². The van der Waals surface area contributed by atoms with Gasteiger partial charge in [0, 0.05) is 24.3 Å². The zero-order valence-electron chi connectivity index (χ0n) is 17.7. The van der Waals surface area contributed by atoms with E-state index in [2.05, 4.69) is 45.0 Å². The fourth-order valence-electron chi connectivity index (χ4n) is 4.71. The molecule has 0 saturated carbocycles. The summed E-state index contributed by atoms with van der Waals surface area (Å²) < 4.78 is 33.7. The van der Waals surface area contributed by atoms with Gasteiger partial charge in [-0.15, -0.1) is 0 Å². The summed E-state index contributed by atoms with van der Waals surface area (Å²) in [5.74, 6) is 0. The van der Waals surface area contributed by atoms with E-state index >= 15 is 8.63 Å². The molecule has 5 heteroatoms. The first kappa shape index (κ1) is 18.9. The number of halogens is 2. The Morgan fingerprint density at radius 1 is 0.964 bits per heavy atom. The van der Waals surface area contributed by atoms with Crippen molar-refractivity contribution in [3.05, 3.63) is 75.8 Å². The molecule has 0 spiro atoms. The predicted molar refractivity (Wildman–Crippen MR) is 113 cm³/mol. The highest BCUT2D eigenvalue weighted by Gasteiger charge is 2.55. The molecule has 0 unspecified atom stereocenters. The first-order valence-electron chi connectivity index (χ1n) is 9.82. The quantitative estimate of drug-likeness (QED) is 0.550.